The molecule has 4 nitrogen and oxygen atoms in total. The summed E-state index contributed by atoms with van der Waals surface area (Å²) in [5.74, 6) is 0.0653. The summed E-state index contributed by atoms with van der Waals surface area (Å²) in [7, 11) is 1.47. The molecule has 0 aliphatic heterocycles. The van der Waals surface area contributed by atoms with Crippen LogP contribution in [0.5, 0.6) is 5.75 Å². The van der Waals surface area contributed by atoms with Gasteiger partial charge in [0.25, 0.3) is 0 Å². The Kier molecular flexibility index (Phi) is 5.03. The van der Waals surface area contributed by atoms with E-state index in [9.17, 15) is 4.79 Å². The summed E-state index contributed by atoms with van der Waals surface area (Å²) in [4.78, 5) is 15.3. The normalized spacial score (nSPS) is 10.3. The molecule has 0 radical (unpaired) electrons. The van der Waals surface area contributed by atoms with Crippen LogP contribution in [-0.4, -0.2) is 23.2 Å². The first-order chi connectivity index (χ1) is 9.61. The summed E-state index contributed by atoms with van der Waals surface area (Å²) in [5, 5.41) is 9.93. The maximum absolute atomic E-state index is 11.0. The molecule has 0 fully saturated rings. The summed E-state index contributed by atoms with van der Waals surface area (Å²) in [6.45, 7) is 0. The van der Waals surface area contributed by atoms with Crippen molar-refractivity contribution in [2.24, 2.45) is 0 Å². The molecular weight excluding hydrogens is 342 g/mol. The highest BCUT2D eigenvalue weighted by Gasteiger charge is 2.11. The molecule has 0 aliphatic carbocycles. The number of pyridine rings is 1. The van der Waals surface area contributed by atoms with Crippen LogP contribution >= 0.6 is 27.7 Å². The Labute approximate surface area is 129 Å². The second-order valence-corrected chi connectivity index (χ2v) is 5.74. The van der Waals surface area contributed by atoms with Crippen molar-refractivity contribution in [3.8, 4) is 5.75 Å². The van der Waals surface area contributed by atoms with Crippen molar-refractivity contribution in [1.29, 1.82) is 0 Å². The first-order valence-corrected chi connectivity index (χ1v) is 7.53. The minimum atomic E-state index is -0.992. The number of aromatic carboxylic acids is 1. The Bertz CT molecular complexity index is 634. The molecule has 1 aromatic heterocycles. The standard InChI is InChI=1S/C14H12BrNO3S/c1-19-12-7-9(4-5-10(12)14(17)18)8-20-13-11(15)3-2-6-16-13/h2-7H,8H2,1H3,(H,17,18). The Hall–Kier alpha value is -1.53. The Balaban J connectivity index is 2.15. The molecule has 1 N–H and O–H groups in total. The van der Waals surface area contributed by atoms with Crippen molar-refractivity contribution >= 4 is 33.7 Å². The third kappa shape index (κ3) is 3.52. The smallest absolute Gasteiger partial charge is 0.339 e. The number of methoxy groups -OCH3 is 1. The van der Waals surface area contributed by atoms with Gasteiger partial charge in [-0.1, -0.05) is 6.07 Å². The second-order valence-electron chi connectivity index (χ2n) is 3.92. The fourth-order valence-electron chi connectivity index (χ4n) is 1.63. The maximum Gasteiger partial charge on any atom is 0.339 e. The van der Waals surface area contributed by atoms with E-state index in [0.717, 1.165) is 15.1 Å². The molecule has 0 aliphatic rings. The molecule has 0 spiro atoms. The second kappa shape index (κ2) is 6.76. The number of hydrogen-bond acceptors (Lipinski definition) is 4. The quantitative estimate of drug-likeness (QED) is 0.827. The molecule has 1 aromatic carbocycles. The number of halogens is 1. The van der Waals surface area contributed by atoms with Crippen LogP contribution in [0.25, 0.3) is 0 Å². The van der Waals surface area contributed by atoms with Crippen molar-refractivity contribution < 1.29 is 14.6 Å². The lowest BCUT2D eigenvalue weighted by molar-refractivity contribution is 0.0693. The third-order valence-corrected chi connectivity index (χ3v) is 4.58. The van der Waals surface area contributed by atoms with E-state index >= 15 is 0 Å². The number of rotatable bonds is 5. The molecule has 2 aromatic rings. The van der Waals surface area contributed by atoms with E-state index in [1.807, 2.05) is 12.1 Å². The summed E-state index contributed by atoms with van der Waals surface area (Å²) < 4.78 is 6.05. The Morgan fingerprint density at radius 2 is 2.25 bits per heavy atom. The molecule has 0 unspecified atom stereocenters. The zero-order chi connectivity index (χ0) is 14.5. The molecular formula is C14H12BrNO3S. The first kappa shape index (κ1) is 14.9. The highest BCUT2D eigenvalue weighted by atomic mass is 79.9. The zero-order valence-corrected chi connectivity index (χ0v) is 13.1. The average molecular weight is 354 g/mol. The highest BCUT2D eigenvalue weighted by Crippen LogP contribution is 2.29. The van der Waals surface area contributed by atoms with Crippen LogP contribution in [0.15, 0.2) is 46.0 Å². The van der Waals surface area contributed by atoms with Crippen molar-refractivity contribution in [3.63, 3.8) is 0 Å². The van der Waals surface area contributed by atoms with Crippen LogP contribution in [0.2, 0.25) is 0 Å². The van der Waals surface area contributed by atoms with Gasteiger partial charge in [-0.25, -0.2) is 9.78 Å². The molecule has 104 valence electrons. The van der Waals surface area contributed by atoms with Crippen LogP contribution in [0.3, 0.4) is 0 Å². The molecule has 1 heterocycles. The van der Waals surface area contributed by atoms with E-state index in [1.165, 1.54) is 7.11 Å². The van der Waals surface area contributed by atoms with Crippen molar-refractivity contribution in [1.82, 2.24) is 4.98 Å². The number of ether oxygens (including phenoxy) is 1. The number of nitrogens with zero attached hydrogens (tertiary/aromatic N) is 1. The van der Waals surface area contributed by atoms with Crippen LogP contribution < -0.4 is 4.74 Å². The van der Waals surface area contributed by atoms with Gasteiger partial charge in [0.1, 0.15) is 16.3 Å². The predicted octanol–water partition coefficient (Wildman–Crippen LogP) is 3.84. The topological polar surface area (TPSA) is 59.4 Å². The Morgan fingerprint density at radius 3 is 2.90 bits per heavy atom. The lowest BCUT2D eigenvalue weighted by atomic mass is 10.1. The van der Waals surface area contributed by atoms with Gasteiger partial charge >= 0.3 is 5.97 Å². The lowest BCUT2D eigenvalue weighted by Gasteiger charge is -2.08. The largest absolute Gasteiger partial charge is 0.496 e. The molecule has 2 rings (SSSR count). The van der Waals surface area contributed by atoms with E-state index in [2.05, 4.69) is 20.9 Å². The molecule has 0 atom stereocenters. The maximum atomic E-state index is 11.0. The molecule has 0 bridgehead atoms. The van der Waals surface area contributed by atoms with Gasteiger partial charge in [0, 0.05) is 16.4 Å². The Morgan fingerprint density at radius 1 is 1.45 bits per heavy atom. The summed E-state index contributed by atoms with van der Waals surface area (Å²) >= 11 is 5.02. The highest BCUT2D eigenvalue weighted by molar-refractivity contribution is 9.10. The summed E-state index contributed by atoms with van der Waals surface area (Å²) in [6, 6.07) is 8.88. The fraction of sp³-hybridized carbons (Fsp3) is 0.143. The van der Waals surface area contributed by atoms with Crippen LogP contribution in [0.1, 0.15) is 15.9 Å². The molecule has 6 heteroatoms. The van der Waals surface area contributed by atoms with Crippen molar-refractivity contribution in [2.75, 3.05) is 7.11 Å². The van der Waals surface area contributed by atoms with Gasteiger partial charge in [0.2, 0.25) is 0 Å². The van der Waals surface area contributed by atoms with Gasteiger partial charge in [-0.15, -0.1) is 11.8 Å². The van der Waals surface area contributed by atoms with Gasteiger partial charge in [-0.2, -0.15) is 0 Å². The third-order valence-electron chi connectivity index (χ3n) is 2.60. The molecule has 20 heavy (non-hydrogen) atoms. The van der Waals surface area contributed by atoms with E-state index in [0.29, 0.717) is 11.5 Å². The van der Waals surface area contributed by atoms with E-state index in [1.54, 1.807) is 36.2 Å². The zero-order valence-electron chi connectivity index (χ0n) is 10.7. The number of hydrogen-bond donors (Lipinski definition) is 1. The van der Waals surface area contributed by atoms with Crippen molar-refractivity contribution in [2.45, 2.75) is 10.8 Å². The van der Waals surface area contributed by atoms with Gasteiger partial charge in [0.05, 0.1) is 7.11 Å². The van der Waals surface area contributed by atoms with Gasteiger partial charge in [-0.05, 0) is 45.8 Å². The first-order valence-electron chi connectivity index (χ1n) is 5.75. The number of aromatic nitrogens is 1. The van der Waals surface area contributed by atoms with E-state index in [4.69, 9.17) is 9.84 Å². The van der Waals surface area contributed by atoms with Crippen LogP contribution in [0.4, 0.5) is 0 Å². The number of carboxylic acids is 1. The number of benzene rings is 1. The minimum absolute atomic E-state index is 0.167. The number of carbonyl (C=O) groups is 1. The number of thioether (sulfide) groups is 1. The van der Waals surface area contributed by atoms with Gasteiger partial charge < -0.3 is 9.84 Å². The van der Waals surface area contributed by atoms with Crippen LogP contribution in [0, 0.1) is 0 Å². The number of carboxylic acid groups (broad SMARTS) is 1. The molecule has 0 amide bonds. The minimum Gasteiger partial charge on any atom is -0.496 e. The molecule has 0 saturated carbocycles. The van der Waals surface area contributed by atoms with Crippen molar-refractivity contribution in [3.05, 3.63) is 52.1 Å². The van der Waals surface area contributed by atoms with E-state index in [-0.39, 0.29) is 5.56 Å². The van der Waals surface area contributed by atoms with Gasteiger partial charge in [0.15, 0.2) is 0 Å². The molecule has 0 saturated heterocycles. The summed E-state index contributed by atoms with van der Waals surface area (Å²) in [6.07, 6.45) is 1.74. The van der Waals surface area contributed by atoms with E-state index < -0.39 is 5.97 Å². The SMILES string of the molecule is COc1cc(CSc2ncccc2Br)ccc1C(=O)O. The van der Waals surface area contributed by atoms with Gasteiger partial charge in [-0.3, -0.25) is 0 Å². The predicted molar refractivity (Wildman–Crippen MR) is 81.5 cm³/mol. The lowest BCUT2D eigenvalue weighted by Crippen LogP contribution is -2.01. The average Bonchev–Trinajstić information content (AvgIpc) is 2.46. The van der Waals surface area contributed by atoms with Crippen LogP contribution in [-0.2, 0) is 5.75 Å². The monoisotopic (exact) mass is 353 g/mol. The fourth-order valence-corrected chi connectivity index (χ4v) is 3.05. The summed E-state index contributed by atoms with van der Waals surface area (Å²) in [5.41, 5.74) is 1.15.